The average molecular weight is 766 g/mol. The molecule has 5 aromatic carbocycles. The number of halogens is 2. The Kier molecular flexibility index (Phi) is 12.1. The van der Waals surface area contributed by atoms with Gasteiger partial charge < -0.3 is 20.7 Å². The van der Waals surface area contributed by atoms with Crippen LogP contribution in [0.5, 0.6) is 5.75 Å². The fraction of sp³-hybridized carbons (Fsp3) is 0.0500. The van der Waals surface area contributed by atoms with Crippen molar-refractivity contribution in [3.05, 3.63) is 165 Å². The molecular formula is C40H30Cl2N4O4S2. The SMILES string of the molecule is COc1ccc(/C=C(\NC(=O)c2ccccc2)C(=O)Nc2ccc(SC(C(=O)Nc3nc(-c4ccc(Cl)cc4Cl)cs3)c3ccccc3)cc2)cc1. The number of nitrogens with one attached hydrogen (secondary N) is 3. The molecular weight excluding hydrogens is 736 g/mol. The van der Waals surface area contributed by atoms with Crippen molar-refractivity contribution in [1.82, 2.24) is 10.3 Å². The summed E-state index contributed by atoms with van der Waals surface area (Å²) in [5.74, 6) is -0.516. The van der Waals surface area contributed by atoms with Crippen molar-refractivity contribution in [2.75, 3.05) is 17.7 Å². The van der Waals surface area contributed by atoms with Gasteiger partial charge in [0.05, 0.1) is 17.8 Å². The number of rotatable bonds is 12. The summed E-state index contributed by atoms with van der Waals surface area (Å²) in [4.78, 5) is 45.7. The van der Waals surface area contributed by atoms with Crippen molar-refractivity contribution in [3.63, 3.8) is 0 Å². The number of methoxy groups -OCH3 is 1. The number of thioether (sulfide) groups is 1. The Balaban J connectivity index is 1.17. The standard InChI is InChI=1S/C40H30Cl2N4O4S2/c1-50-30-17-12-25(13-18-30)22-34(44-37(47)27-10-6-3-7-11-27)38(48)43-29-15-19-31(20-16-29)52-36(26-8-4-2-5-9-26)39(49)46-40-45-35(24-51-40)32-21-14-28(41)23-33(32)42/h2-24,36H,1H3,(H,43,48)(H,44,47)(H,45,46,49)/b34-22-. The fourth-order valence-corrected chi connectivity index (χ4v) is 7.23. The molecule has 0 saturated heterocycles. The molecule has 1 heterocycles. The van der Waals surface area contributed by atoms with Crippen molar-refractivity contribution in [2.45, 2.75) is 10.1 Å². The Hall–Kier alpha value is -5.39. The van der Waals surface area contributed by atoms with Gasteiger partial charge in [-0.25, -0.2) is 4.98 Å². The van der Waals surface area contributed by atoms with Gasteiger partial charge in [0.2, 0.25) is 5.91 Å². The monoisotopic (exact) mass is 764 g/mol. The van der Waals surface area contributed by atoms with Crippen LogP contribution >= 0.6 is 46.3 Å². The molecule has 12 heteroatoms. The Bertz CT molecular complexity index is 2210. The van der Waals surface area contributed by atoms with E-state index in [4.69, 9.17) is 27.9 Å². The molecule has 0 aliphatic carbocycles. The molecule has 0 radical (unpaired) electrons. The predicted molar refractivity (Wildman–Crippen MR) is 211 cm³/mol. The van der Waals surface area contributed by atoms with Crippen molar-refractivity contribution < 1.29 is 19.1 Å². The molecule has 3 amide bonds. The zero-order valence-electron chi connectivity index (χ0n) is 27.5. The molecule has 3 N–H and O–H groups in total. The number of benzene rings is 5. The number of thiazole rings is 1. The van der Waals surface area contributed by atoms with Gasteiger partial charge in [-0.3, -0.25) is 14.4 Å². The van der Waals surface area contributed by atoms with Crippen LogP contribution in [0.1, 0.15) is 26.7 Å². The zero-order valence-corrected chi connectivity index (χ0v) is 30.7. The van der Waals surface area contributed by atoms with Crippen LogP contribution in [0.15, 0.2) is 143 Å². The largest absolute Gasteiger partial charge is 0.497 e. The van der Waals surface area contributed by atoms with Gasteiger partial charge in [0.15, 0.2) is 5.13 Å². The van der Waals surface area contributed by atoms with Crippen molar-refractivity contribution in [1.29, 1.82) is 0 Å². The molecule has 0 saturated carbocycles. The van der Waals surface area contributed by atoms with E-state index in [1.165, 1.54) is 23.1 Å². The normalized spacial score (nSPS) is 11.7. The van der Waals surface area contributed by atoms with Gasteiger partial charge in [-0.2, -0.15) is 0 Å². The number of amides is 3. The Morgan fingerprint density at radius 2 is 1.52 bits per heavy atom. The van der Waals surface area contributed by atoms with Gasteiger partial charge in [-0.15, -0.1) is 23.1 Å². The van der Waals surface area contributed by atoms with E-state index in [1.807, 2.05) is 53.9 Å². The minimum atomic E-state index is -0.611. The van der Waals surface area contributed by atoms with Crippen LogP contribution in [0, 0.1) is 0 Å². The summed E-state index contributed by atoms with van der Waals surface area (Å²) in [6.07, 6.45) is 1.60. The molecule has 0 bridgehead atoms. The van der Waals surface area contributed by atoms with Gasteiger partial charge in [0.25, 0.3) is 11.8 Å². The lowest BCUT2D eigenvalue weighted by Crippen LogP contribution is -2.30. The first kappa shape index (κ1) is 36.4. The number of hydrogen-bond acceptors (Lipinski definition) is 7. The van der Waals surface area contributed by atoms with Gasteiger partial charge in [0, 0.05) is 32.1 Å². The highest BCUT2D eigenvalue weighted by Crippen LogP contribution is 2.38. The van der Waals surface area contributed by atoms with Crippen molar-refractivity contribution in [2.24, 2.45) is 0 Å². The zero-order chi connectivity index (χ0) is 36.5. The second-order valence-corrected chi connectivity index (χ2v) is 14.1. The maximum absolute atomic E-state index is 13.7. The first-order chi connectivity index (χ1) is 25.2. The Morgan fingerprint density at radius 3 is 2.19 bits per heavy atom. The first-order valence-corrected chi connectivity index (χ1v) is 18.3. The number of nitrogens with zero attached hydrogens (tertiary/aromatic N) is 1. The minimum Gasteiger partial charge on any atom is -0.497 e. The second-order valence-electron chi connectivity index (χ2n) is 11.2. The Labute approximate surface area is 318 Å². The summed E-state index contributed by atoms with van der Waals surface area (Å²) in [6, 6.07) is 37.5. The third-order valence-corrected chi connectivity index (χ3v) is 10.2. The van der Waals surface area contributed by atoms with Gasteiger partial charge in [-0.05, 0) is 83.9 Å². The maximum atomic E-state index is 13.7. The summed E-state index contributed by atoms with van der Waals surface area (Å²) < 4.78 is 5.24. The predicted octanol–water partition coefficient (Wildman–Crippen LogP) is 10.0. The smallest absolute Gasteiger partial charge is 0.272 e. The molecule has 1 aromatic heterocycles. The van der Waals surface area contributed by atoms with Crippen LogP contribution in [0.2, 0.25) is 10.0 Å². The molecule has 1 unspecified atom stereocenters. The second kappa shape index (κ2) is 17.2. The molecule has 6 rings (SSSR count). The van der Waals surface area contributed by atoms with E-state index >= 15 is 0 Å². The fourth-order valence-electron chi connectivity index (χ4n) is 4.98. The van der Waals surface area contributed by atoms with Crippen molar-refractivity contribution >= 4 is 80.9 Å². The summed E-state index contributed by atoms with van der Waals surface area (Å²) in [5.41, 5.74) is 3.82. The third-order valence-electron chi connectivity index (χ3n) is 7.60. The molecule has 260 valence electrons. The summed E-state index contributed by atoms with van der Waals surface area (Å²) in [6.45, 7) is 0. The molecule has 0 aliphatic rings. The number of hydrogen-bond donors (Lipinski definition) is 3. The van der Waals surface area contributed by atoms with Crippen LogP contribution in [-0.4, -0.2) is 29.8 Å². The first-order valence-electron chi connectivity index (χ1n) is 15.8. The van der Waals surface area contributed by atoms with Gasteiger partial charge in [0.1, 0.15) is 16.7 Å². The molecule has 52 heavy (non-hydrogen) atoms. The number of ether oxygens (including phenoxy) is 1. The highest BCUT2D eigenvalue weighted by atomic mass is 35.5. The third kappa shape index (κ3) is 9.48. The van der Waals surface area contributed by atoms with E-state index in [0.717, 1.165) is 10.5 Å². The van der Waals surface area contributed by atoms with Crippen LogP contribution in [0.4, 0.5) is 10.8 Å². The minimum absolute atomic E-state index is 0.0574. The molecule has 8 nitrogen and oxygen atoms in total. The summed E-state index contributed by atoms with van der Waals surface area (Å²) in [7, 11) is 1.57. The summed E-state index contributed by atoms with van der Waals surface area (Å²) >= 11 is 15.1. The molecule has 0 spiro atoms. The number of carbonyl (C=O) groups is 3. The quantitative estimate of drug-likeness (QED) is 0.0846. The highest BCUT2D eigenvalue weighted by molar-refractivity contribution is 8.00. The lowest BCUT2D eigenvalue weighted by atomic mass is 10.1. The Morgan fingerprint density at radius 1 is 0.827 bits per heavy atom. The highest BCUT2D eigenvalue weighted by Gasteiger charge is 2.24. The number of aromatic nitrogens is 1. The van der Waals surface area contributed by atoms with Crippen LogP contribution in [0.25, 0.3) is 17.3 Å². The van der Waals surface area contributed by atoms with Crippen LogP contribution < -0.4 is 20.7 Å². The van der Waals surface area contributed by atoms with Gasteiger partial charge in [-0.1, -0.05) is 83.9 Å². The molecule has 0 aliphatic heterocycles. The van der Waals surface area contributed by atoms with Crippen molar-refractivity contribution in [3.8, 4) is 17.0 Å². The molecule has 1 atom stereocenters. The van der Waals surface area contributed by atoms with E-state index in [0.29, 0.717) is 49.0 Å². The lowest BCUT2D eigenvalue weighted by Gasteiger charge is -2.17. The van der Waals surface area contributed by atoms with Crippen LogP contribution in [-0.2, 0) is 9.59 Å². The summed E-state index contributed by atoms with van der Waals surface area (Å²) in [5, 5.41) is 11.2. The van der Waals surface area contributed by atoms with E-state index in [-0.39, 0.29) is 11.6 Å². The molecule has 0 fully saturated rings. The topological polar surface area (TPSA) is 109 Å². The number of carbonyl (C=O) groups excluding carboxylic acids is 3. The average Bonchev–Trinajstić information content (AvgIpc) is 3.63. The van der Waals surface area contributed by atoms with E-state index in [2.05, 4.69) is 20.9 Å². The van der Waals surface area contributed by atoms with E-state index in [1.54, 1.807) is 92.0 Å². The van der Waals surface area contributed by atoms with E-state index in [9.17, 15) is 14.4 Å². The van der Waals surface area contributed by atoms with E-state index < -0.39 is 17.1 Å². The number of anilines is 2. The lowest BCUT2D eigenvalue weighted by molar-refractivity contribution is -0.116. The van der Waals surface area contributed by atoms with Gasteiger partial charge >= 0.3 is 0 Å². The maximum Gasteiger partial charge on any atom is 0.272 e. The van der Waals surface area contributed by atoms with Crippen LogP contribution in [0.3, 0.4) is 0 Å². The molecule has 6 aromatic rings.